The quantitative estimate of drug-likeness (QED) is 0.842. The smallest absolute Gasteiger partial charge is 0.322 e. The van der Waals surface area contributed by atoms with Crippen LogP contribution in [-0.2, 0) is 0 Å². The zero-order chi connectivity index (χ0) is 17.1. The lowest BCUT2D eigenvalue weighted by molar-refractivity contribution is 0.208. The lowest BCUT2D eigenvalue weighted by atomic mass is 10.1. The highest BCUT2D eigenvalue weighted by Gasteiger charge is 2.22. The maximum Gasteiger partial charge on any atom is 0.322 e. The molecule has 1 saturated heterocycles. The van der Waals surface area contributed by atoms with E-state index in [1.807, 2.05) is 12.1 Å². The zero-order valence-corrected chi connectivity index (χ0v) is 14.9. The number of carbonyl (C=O) groups is 1. The molecule has 6 heteroatoms. The summed E-state index contributed by atoms with van der Waals surface area (Å²) < 4.78 is 0. The highest BCUT2D eigenvalue weighted by Crippen LogP contribution is 2.26. The standard InChI is InChI=1S/C18H19Cl2N3O/c1-13-4-2-3-5-17(13)22-8-10-23(11-9-22)18(24)21-16-12-14(19)6-7-15(16)20/h2-7,12H,8-11H2,1H3,(H,21,24). The molecule has 1 fully saturated rings. The summed E-state index contributed by atoms with van der Waals surface area (Å²) in [4.78, 5) is 16.5. The number of para-hydroxylation sites is 1. The number of hydrogen-bond donors (Lipinski definition) is 1. The van der Waals surface area contributed by atoms with Crippen molar-refractivity contribution < 1.29 is 4.79 Å². The third-order valence-corrected chi connectivity index (χ3v) is 4.76. The Bertz CT molecular complexity index is 743. The minimum absolute atomic E-state index is 0.149. The van der Waals surface area contributed by atoms with E-state index in [2.05, 4.69) is 29.3 Å². The molecule has 1 aliphatic rings. The molecule has 0 aromatic heterocycles. The molecular formula is C18H19Cl2N3O. The summed E-state index contributed by atoms with van der Waals surface area (Å²) in [5, 5.41) is 3.86. The van der Waals surface area contributed by atoms with Crippen molar-refractivity contribution in [2.75, 3.05) is 36.4 Å². The molecular weight excluding hydrogens is 345 g/mol. The van der Waals surface area contributed by atoms with E-state index in [1.54, 1.807) is 23.1 Å². The summed E-state index contributed by atoms with van der Waals surface area (Å²) in [5.41, 5.74) is 3.02. The van der Waals surface area contributed by atoms with Crippen LogP contribution >= 0.6 is 23.2 Å². The third kappa shape index (κ3) is 3.77. The van der Waals surface area contributed by atoms with E-state index in [1.165, 1.54) is 11.3 Å². The van der Waals surface area contributed by atoms with Crippen molar-refractivity contribution in [2.24, 2.45) is 0 Å². The van der Waals surface area contributed by atoms with Gasteiger partial charge in [-0.25, -0.2) is 4.79 Å². The molecule has 0 atom stereocenters. The Labute approximate surface area is 152 Å². The van der Waals surface area contributed by atoms with E-state index in [0.717, 1.165) is 13.1 Å². The minimum atomic E-state index is -0.149. The summed E-state index contributed by atoms with van der Waals surface area (Å²) in [6.45, 7) is 5.05. The van der Waals surface area contributed by atoms with Crippen LogP contribution in [0, 0.1) is 6.92 Å². The summed E-state index contributed by atoms with van der Waals surface area (Å²) in [7, 11) is 0. The Morgan fingerprint density at radius 3 is 2.46 bits per heavy atom. The monoisotopic (exact) mass is 363 g/mol. The number of carbonyl (C=O) groups excluding carboxylic acids is 1. The van der Waals surface area contributed by atoms with Crippen LogP contribution in [-0.4, -0.2) is 37.1 Å². The van der Waals surface area contributed by atoms with Gasteiger partial charge in [-0.2, -0.15) is 0 Å². The summed E-state index contributed by atoms with van der Waals surface area (Å²) in [6.07, 6.45) is 0. The number of rotatable bonds is 2. The predicted molar refractivity (Wildman–Crippen MR) is 100 cm³/mol. The number of urea groups is 1. The van der Waals surface area contributed by atoms with Gasteiger partial charge in [-0.15, -0.1) is 0 Å². The van der Waals surface area contributed by atoms with Gasteiger partial charge in [0.25, 0.3) is 0 Å². The number of hydrogen-bond acceptors (Lipinski definition) is 2. The second-order valence-electron chi connectivity index (χ2n) is 5.81. The fourth-order valence-corrected chi connectivity index (χ4v) is 3.19. The van der Waals surface area contributed by atoms with Crippen molar-refractivity contribution in [1.29, 1.82) is 0 Å². The number of nitrogens with one attached hydrogen (secondary N) is 1. The van der Waals surface area contributed by atoms with Crippen LogP contribution in [0.5, 0.6) is 0 Å². The Kier molecular flexibility index (Phi) is 5.17. The number of aryl methyl sites for hydroxylation is 1. The number of nitrogens with zero attached hydrogens (tertiary/aromatic N) is 2. The first kappa shape index (κ1) is 16.9. The van der Waals surface area contributed by atoms with E-state index in [0.29, 0.717) is 28.8 Å². The highest BCUT2D eigenvalue weighted by atomic mass is 35.5. The predicted octanol–water partition coefficient (Wildman–Crippen LogP) is 4.66. The lowest BCUT2D eigenvalue weighted by Crippen LogP contribution is -2.50. The molecule has 0 radical (unpaired) electrons. The first-order valence-corrected chi connectivity index (χ1v) is 8.62. The molecule has 1 heterocycles. The van der Waals surface area contributed by atoms with E-state index < -0.39 is 0 Å². The second kappa shape index (κ2) is 7.32. The summed E-state index contributed by atoms with van der Waals surface area (Å²) in [5.74, 6) is 0. The van der Waals surface area contributed by atoms with Crippen LogP contribution in [0.3, 0.4) is 0 Å². The van der Waals surface area contributed by atoms with Gasteiger partial charge in [-0.3, -0.25) is 0 Å². The van der Waals surface area contributed by atoms with Gasteiger partial charge in [0.05, 0.1) is 10.7 Å². The molecule has 2 aromatic rings. The highest BCUT2D eigenvalue weighted by molar-refractivity contribution is 6.35. The van der Waals surface area contributed by atoms with Crippen molar-refractivity contribution in [2.45, 2.75) is 6.92 Å². The average molecular weight is 364 g/mol. The number of halogens is 2. The van der Waals surface area contributed by atoms with Crippen LogP contribution in [0.15, 0.2) is 42.5 Å². The molecule has 2 amide bonds. The molecule has 0 spiro atoms. The van der Waals surface area contributed by atoms with Crippen molar-refractivity contribution in [1.82, 2.24) is 4.90 Å². The van der Waals surface area contributed by atoms with Crippen LogP contribution < -0.4 is 10.2 Å². The fraction of sp³-hybridized carbons (Fsp3) is 0.278. The van der Waals surface area contributed by atoms with Crippen LogP contribution in [0.1, 0.15) is 5.56 Å². The number of anilines is 2. The molecule has 126 valence electrons. The zero-order valence-electron chi connectivity index (χ0n) is 13.4. The van der Waals surface area contributed by atoms with Gasteiger partial charge in [0.2, 0.25) is 0 Å². The Balaban J connectivity index is 1.61. The molecule has 4 nitrogen and oxygen atoms in total. The van der Waals surface area contributed by atoms with Gasteiger partial charge in [-0.05, 0) is 36.8 Å². The maximum atomic E-state index is 12.4. The molecule has 3 rings (SSSR count). The summed E-state index contributed by atoms with van der Waals surface area (Å²) in [6, 6.07) is 13.2. The molecule has 0 bridgehead atoms. The largest absolute Gasteiger partial charge is 0.368 e. The molecule has 2 aromatic carbocycles. The first-order chi connectivity index (χ1) is 11.5. The minimum Gasteiger partial charge on any atom is -0.368 e. The van der Waals surface area contributed by atoms with Crippen molar-refractivity contribution in [3.05, 3.63) is 58.1 Å². The van der Waals surface area contributed by atoms with Gasteiger partial charge in [0, 0.05) is 36.9 Å². The molecule has 0 saturated carbocycles. The Morgan fingerprint density at radius 2 is 1.75 bits per heavy atom. The normalized spacial score (nSPS) is 14.6. The number of amides is 2. The third-order valence-electron chi connectivity index (χ3n) is 4.19. The SMILES string of the molecule is Cc1ccccc1N1CCN(C(=O)Nc2cc(Cl)ccc2Cl)CC1. The van der Waals surface area contributed by atoms with Crippen molar-refractivity contribution in [3.8, 4) is 0 Å². The van der Waals surface area contributed by atoms with Crippen LogP contribution in [0.2, 0.25) is 10.0 Å². The fourth-order valence-electron chi connectivity index (χ4n) is 2.86. The average Bonchev–Trinajstić information content (AvgIpc) is 2.59. The van der Waals surface area contributed by atoms with Gasteiger partial charge in [-0.1, -0.05) is 41.4 Å². The van der Waals surface area contributed by atoms with Crippen molar-refractivity contribution in [3.63, 3.8) is 0 Å². The molecule has 0 aliphatic carbocycles. The van der Waals surface area contributed by atoms with Crippen molar-refractivity contribution >= 4 is 40.6 Å². The van der Waals surface area contributed by atoms with Gasteiger partial charge >= 0.3 is 6.03 Å². The molecule has 1 N–H and O–H groups in total. The molecule has 1 aliphatic heterocycles. The van der Waals surface area contributed by atoms with E-state index in [4.69, 9.17) is 23.2 Å². The molecule has 24 heavy (non-hydrogen) atoms. The van der Waals surface area contributed by atoms with Gasteiger partial charge in [0.15, 0.2) is 0 Å². The van der Waals surface area contributed by atoms with E-state index >= 15 is 0 Å². The number of benzene rings is 2. The van der Waals surface area contributed by atoms with E-state index in [-0.39, 0.29) is 6.03 Å². The van der Waals surface area contributed by atoms with Crippen LogP contribution in [0.4, 0.5) is 16.2 Å². The summed E-state index contributed by atoms with van der Waals surface area (Å²) >= 11 is 12.1. The maximum absolute atomic E-state index is 12.4. The van der Waals surface area contributed by atoms with Gasteiger partial charge in [0.1, 0.15) is 0 Å². The second-order valence-corrected chi connectivity index (χ2v) is 6.66. The lowest BCUT2D eigenvalue weighted by Gasteiger charge is -2.36. The Hall–Kier alpha value is -1.91. The van der Waals surface area contributed by atoms with Crippen LogP contribution in [0.25, 0.3) is 0 Å². The Morgan fingerprint density at radius 1 is 1.04 bits per heavy atom. The topological polar surface area (TPSA) is 35.6 Å². The molecule has 0 unspecified atom stereocenters. The number of piperazine rings is 1. The first-order valence-electron chi connectivity index (χ1n) is 7.86. The van der Waals surface area contributed by atoms with Gasteiger partial charge < -0.3 is 15.1 Å². The van der Waals surface area contributed by atoms with E-state index in [9.17, 15) is 4.79 Å².